The van der Waals surface area contributed by atoms with Crippen LogP contribution in [0.4, 0.5) is 0 Å². The largest absolute Gasteiger partial charge is 0.454 e. The van der Waals surface area contributed by atoms with Gasteiger partial charge in [-0.1, -0.05) is 18.1 Å². The monoisotopic (exact) mass is 399 g/mol. The van der Waals surface area contributed by atoms with Gasteiger partial charge in [-0.3, -0.25) is 4.79 Å². The van der Waals surface area contributed by atoms with Gasteiger partial charge in [0.1, 0.15) is 0 Å². The van der Waals surface area contributed by atoms with Gasteiger partial charge in [-0.15, -0.1) is 11.3 Å². The summed E-state index contributed by atoms with van der Waals surface area (Å²) in [6, 6.07) is 9.41. The Bertz CT molecular complexity index is 954. The summed E-state index contributed by atoms with van der Waals surface area (Å²) in [4.78, 5) is 19.9. The topological polar surface area (TPSA) is 77.7 Å². The maximum Gasteiger partial charge on any atom is 0.264 e. The van der Waals surface area contributed by atoms with Crippen LogP contribution in [0.25, 0.3) is 11.4 Å². The van der Waals surface area contributed by atoms with Crippen molar-refractivity contribution < 1.29 is 18.8 Å². The standard InChI is InChI=1S/C20H21N3O4S/c1-3-13(2)23(20(24)17-5-4-10-28-17)9-8-18-21-19(22-27-18)14-6-7-15-16(11-14)26-12-25-15/h4-7,10-11,13H,3,8-9,12H2,1-2H3/t13-/m1/s1. The van der Waals surface area contributed by atoms with Crippen LogP contribution in [0, 0.1) is 0 Å². The highest BCUT2D eigenvalue weighted by Gasteiger charge is 2.22. The maximum absolute atomic E-state index is 12.8. The van der Waals surface area contributed by atoms with Crippen molar-refractivity contribution in [2.75, 3.05) is 13.3 Å². The number of carbonyl (C=O) groups is 1. The Hall–Kier alpha value is -2.87. The van der Waals surface area contributed by atoms with Crippen LogP contribution in [-0.2, 0) is 6.42 Å². The van der Waals surface area contributed by atoms with E-state index in [4.69, 9.17) is 14.0 Å². The van der Waals surface area contributed by atoms with E-state index in [1.807, 2.05) is 40.6 Å². The molecule has 0 aliphatic carbocycles. The van der Waals surface area contributed by atoms with Gasteiger partial charge in [0.05, 0.1) is 4.88 Å². The first kappa shape index (κ1) is 18.5. The summed E-state index contributed by atoms with van der Waals surface area (Å²) in [5, 5.41) is 5.98. The number of carbonyl (C=O) groups excluding carboxylic acids is 1. The Morgan fingerprint density at radius 1 is 1.29 bits per heavy atom. The minimum absolute atomic E-state index is 0.0415. The van der Waals surface area contributed by atoms with E-state index in [-0.39, 0.29) is 18.7 Å². The third-order valence-corrected chi connectivity index (χ3v) is 5.64. The molecule has 3 heterocycles. The van der Waals surface area contributed by atoms with Crippen LogP contribution in [0.1, 0.15) is 35.8 Å². The highest BCUT2D eigenvalue weighted by atomic mass is 32.1. The lowest BCUT2D eigenvalue weighted by Gasteiger charge is -2.27. The number of hydrogen-bond donors (Lipinski definition) is 0. The minimum Gasteiger partial charge on any atom is -0.454 e. The molecular weight excluding hydrogens is 378 g/mol. The lowest BCUT2D eigenvalue weighted by Crippen LogP contribution is -2.39. The first-order chi connectivity index (χ1) is 13.7. The number of thiophene rings is 1. The normalized spacial score (nSPS) is 13.5. The van der Waals surface area contributed by atoms with Crippen LogP contribution in [0.3, 0.4) is 0 Å². The zero-order valence-corrected chi connectivity index (χ0v) is 16.6. The fourth-order valence-electron chi connectivity index (χ4n) is 3.01. The Morgan fingerprint density at radius 3 is 2.93 bits per heavy atom. The number of aromatic nitrogens is 2. The van der Waals surface area contributed by atoms with E-state index in [0.29, 0.717) is 36.2 Å². The molecule has 1 atom stereocenters. The molecule has 4 rings (SSSR count). The van der Waals surface area contributed by atoms with Crippen molar-refractivity contribution in [2.45, 2.75) is 32.7 Å². The van der Waals surface area contributed by atoms with Gasteiger partial charge < -0.3 is 18.9 Å². The number of nitrogens with zero attached hydrogens (tertiary/aromatic N) is 3. The molecule has 146 valence electrons. The Labute approximate surface area is 166 Å². The summed E-state index contributed by atoms with van der Waals surface area (Å²) in [5.41, 5.74) is 0.799. The van der Waals surface area contributed by atoms with Gasteiger partial charge in [-0.05, 0) is 43.0 Å². The molecule has 0 unspecified atom stereocenters. The Balaban J connectivity index is 1.46. The van der Waals surface area contributed by atoms with Crippen LogP contribution < -0.4 is 9.47 Å². The minimum atomic E-state index is 0.0415. The van der Waals surface area contributed by atoms with Crippen molar-refractivity contribution in [2.24, 2.45) is 0 Å². The molecule has 2 aromatic heterocycles. The first-order valence-electron chi connectivity index (χ1n) is 9.22. The maximum atomic E-state index is 12.8. The van der Waals surface area contributed by atoms with Crippen LogP contribution in [0.15, 0.2) is 40.2 Å². The molecule has 28 heavy (non-hydrogen) atoms. The van der Waals surface area contributed by atoms with Gasteiger partial charge in [-0.25, -0.2) is 0 Å². The smallest absolute Gasteiger partial charge is 0.264 e. The van der Waals surface area contributed by atoms with Crippen LogP contribution in [-0.4, -0.2) is 40.3 Å². The van der Waals surface area contributed by atoms with E-state index in [1.165, 1.54) is 11.3 Å². The van der Waals surface area contributed by atoms with Crippen LogP contribution >= 0.6 is 11.3 Å². The number of amides is 1. The molecule has 0 spiro atoms. The second-order valence-corrected chi connectivity index (χ2v) is 7.51. The summed E-state index contributed by atoms with van der Waals surface area (Å²) < 4.78 is 16.1. The molecule has 3 aromatic rings. The molecule has 0 fully saturated rings. The van der Waals surface area contributed by atoms with Gasteiger partial charge in [0.2, 0.25) is 18.5 Å². The quantitative estimate of drug-likeness (QED) is 0.597. The van der Waals surface area contributed by atoms with Crippen molar-refractivity contribution in [1.29, 1.82) is 0 Å². The van der Waals surface area contributed by atoms with Crippen LogP contribution in [0.5, 0.6) is 11.5 Å². The highest BCUT2D eigenvalue weighted by molar-refractivity contribution is 7.12. The van der Waals surface area contributed by atoms with Crippen LogP contribution in [0.2, 0.25) is 0 Å². The van der Waals surface area contributed by atoms with Crippen molar-refractivity contribution >= 4 is 17.2 Å². The summed E-state index contributed by atoms with van der Waals surface area (Å²) in [5.74, 6) is 2.42. The molecule has 1 amide bonds. The predicted molar refractivity (Wildman–Crippen MR) is 105 cm³/mol. The molecule has 0 saturated carbocycles. The molecule has 1 aromatic carbocycles. The average Bonchev–Trinajstić information content (AvgIpc) is 3.48. The fraction of sp³-hybridized carbons (Fsp3) is 0.350. The highest BCUT2D eigenvalue weighted by Crippen LogP contribution is 2.35. The molecule has 0 bridgehead atoms. The zero-order chi connectivity index (χ0) is 19.5. The SMILES string of the molecule is CC[C@@H](C)N(CCc1nc(-c2ccc3c(c2)OCO3)no1)C(=O)c1cccs1. The second kappa shape index (κ2) is 8.02. The van der Waals surface area contributed by atoms with Gasteiger partial charge in [0.15, 0.2) is 11.5 Å². The van der Waals surface area contributed by atoms with E-state index in [0.717, 1.165) is 16.9 Å². The van der Waals surface area contributed by atoms with Crippen molar-refractivity contribution in [1.82, 2.24) is 15.0 Å². The van der Waals surface area contributed by atoms with E-state index in [1.54, 1.807) is 0 Å². The summed E-state index contributed by atoms with van der Waals surface area (Å²) in [7, 11) is 0. The average molecular weight is 399 g/mol. The number of ether oxygens (including phenoxy) is 2. The molecule has 0 radical (unpaired) electrons. The van der Waals surface area contributed by atoms with E-state index >= 15 is 0 Å². The number of benzene rings is 1. The van der Waals surface area contributed by atoms with Crippen molar-refractivity contribution in [3.8, 4) is 22.9 Å². The van der Waals surface area contributed by atoms with Gasteiger partial charge >= 0.3 is 0 Å². The molecule has 0 N–H and O–H groups in total. The molecular formula is C20H21N3O4S. The summed E-state index contributed by atoms with van der Waals surface area (Å²) >= 11 is 1.46. The number of hydrogen-bond acceptors (Lipinski definition) is 7. The molecule has 8 heteroatoms. The number of rotatable bonds is 7. The number of fused-ring (bicyclic) bond motifs is 1. The Kier molecular flexibility index (Phi) is 5.29. The van der Waals surface area contributed by atoms with E-state index in [9.17, 15) is 4.79 Å². The van der Waals surface area contributed by atoms with Gasteiger partial charge in [0, 0.05) is 24.6 Å². The lowest BCUT2D eigenvalue weighted by atomic mass is 10.2. The first-order valence-corrected chi connectivity index (χ1v) is 10.1. The third-order valence-electron chi connectivity index (χ3n) is 4.78. The lowest BCUT2D eigenvalue weighted by molar-refractivity contribution is 0.0691. The van der Waals surface area contributed by atoms with E-state index < -0.39 is 0 Å². The zero-order valence-electron chi connectivity index (χ0n) is 15.8. The Morgan fingerprint density at radius 2 is 2.14 bits per heavy atom. The predicted octanol–water partition coefficient (Wildman–Crippen LogP) is 4.01. The summed E-state index contributed by atoms with van der Waals surface area (Å²) in [6.45, 7) is 4.87. The second-order valence-electron chi connectivity index (χ2n) is 6.56. The molecule has 1 aliphatic rings. The molecule has 0 saturated heterocycles. The third kappa shape index (κ3) is 3.73. The van der Waals surface area contributed by atoms with Crippen molar-refractivity contribution in [3.63, 3.8) is 0 Å². The van der Waals surface area contributed by atoms with Gasteiger partial charge in [0.25, 0.3) is 5.91 Å². The molecule has 7 nitrogen and oxygen atoms in total. The fourth-order valence-corrected chi connectivity index (χ4v) is 3.69. The molecule has 1 aliphatic heterocycles. The van der Waals surface area contributed by atoms with Gasteiger partial charge in [-0.2, -0.15) is 4.98 Å². The summed E-state index contributed by atoms with van der Waals surface area (Å²) in [6.07, 6.45) is 1.38. The van der Waals surface area contributed by atoms with E-state index in [2.05, 4.69) is 24.0 Å². The van der Waals surface area contributed by atoms with Crippen molar-refractivity contribution in [3.05, 3.63) is 46.5 Å².